The van der Waals surface area contributed by atoms with Crippen LogP contribution in [0.15, 0.2) is 24.3 Å². The van der Waals surface area contributed by atoms with E-state index >= 15 is 0 Å². The molecule has 0 radical (unpaired) electrons. The van der Waals surface area contributed by atoms with E-state index in [2.05, 4.69) is 11.8 Å². The summed E-state index contributed by atoms with van der Waals surface area (Å²) < 4.78 is 43.6. The second-order valence-corrected chi connectivity index (χ2v) is 10.4. The van der Waals surface area contributed by atoms with Crippen molar-refractivity contribution in [2.75, 3.05) is 45.9 Å². The first-order valence-corrected chi connectivity index (χ1v) is 12.6. The van der Waals surface area contributed by atoms with Gasteiger partial charge in [-0.1, -0.05) is 24.6 Å². The van der Waals surface area contributed by atoms with Gasteiger partial charge in [-0.05, 0) is 69.0 Å². The van der Waals surface area contributed by atoms with Crippen molar-refractivity contribution in [1.82, 2.24) is 9.80 Å². The normalized spacial score (nSPS) is 24.2. The first-order chi connectivity index (χ1) is 17.0. The number of amides is 1. The molecule has 4 rings (SSSR count). The van der Waals surface area contributed by atoms with Gasteiger partial charge in [-0.15, -0.1) is 0 Å². The molecule has 1 aromatic rings. The van der Waals surface area contributed by atoms with Gasteiger partial charge in [0, 0.05) is 26.2 Å². The summed E-state index contributed by atoms with van der Waals surface area (Å²) in [5, 5.41) is 7.12. The van der Waals surface area contributed by atoms with Crippen LogP contribution in [0.5, 0.6) is 5.75 Å². The maximum Gasteiger partial charge on any atom is 0.490 e. The summed E-state index contributed by atoms with van der Waals surface area (Å²) in [4.78, 5) is 26.0. The second kappa shape index (κ2) is 12.3. The van der Waals surface area contributed by atoms with Gasteiger partial charge in [-0.25, -0.2) is 4.79 Å². The predicted molar refractivity (Wildman–Crippen MR) is 128 cm³/mol. The zero-order chi connectivity index (χ0) is 26.3. The zero-order valence-corrected chi connectivity index (χ0v) is 21.1. The lowest BCUT2D eigenvalue weighted by molar-refractivity contribution is -0.192. The number of hydrogen-bond acceptors (Lipinski definition) is 5. The minimum absolute atomic E-state index is 0.0956. The van der Waals surface area contributed by atoms with Crippen LogP contribution in [-0.2, 0) is 14.3 Å². The highest BCUT2D eigenvalue weighted by Gasteiger charge is 2.43. The third-order valence-electron chi connectivity index (χ3n) is 7.29. The average molecular weight is 515 g/mol. The Morgan fingerprint density at radius 3 is 2.39 bits per heavy atom. The number of carbonyl (C=O) groups excluding carboxylic acids is 1. The molecule has 0 aliphatic carbocycles. The number of aryl methyl sites for hydroxylation is 1. The molecule has 202 valence electrons. The van der Waals surface area contributed by atoms with E-state index < -0.39 is 12.1 Å². The van der Waals surface area contributed by atoms with Gasteiger partial charge in [0.25, 0.3) is 5.91 Å². The Morgan fingerprint density at radius 2 is 1.81 bits per heavy atom. The number of aliphatic carboxylic acids is 1. The Hall–Kier alpha value is -2.33. The standard InChI is InChI=1S/C24H36N2O3.C2HF3O2/c1-19-5-7-21(8-6-19)28-17-23(27)26-12-9-24(10-13-26)14-22(29-18-24)16-25-11-3-4-20(2)15-25;3-2(4,5)1(6)7/h5-8,20,22H,3-4,9-18H2,1-2H3;(H,6,7). The lowest BCUT2D eigenvalue weighted by Gasteiger charge is -2.38. The molecule has 3 aliphatic heterocycles. The highest BCUT2D eigenvalue weighted by Crippen LogP contribution is 2.42. The van der Waals surface area contributed by atoms with Crippen LogP contribution in [0.2, 0.25) is 0 Å². The largest absolute Gasteiger partial charge is 0.490 e. The molecule has 0 bridgehead atoms. The number of ether oxygens (including phenoxy) is 2. The topological polar surface area (TPSA) is 79.3 Å². The molecule has 36 heavy (non-hydrogen) atoms. The number of benzene rings is 1. The smallest absolute Gasteiger partial charge is 0.484 e. The quantitative estimate of drug-likeness (QED) is 0.637. The van der Waals surface area contributed by atoms with E-state index in [-0.39, 0.29) is 17.9 Å². The molecule has 0 aromatic heterocycles. The average Bonchev–Trinajstić information content (AvgIpc) is 3.20. The molecule has 3 heterocycles. The molecule has 3 saturated heterocycles. The van der Waals surface area contributed by atoms with Crippen molar-refractivity contribution in [2.24, 2.45) is 11.3 Å². The zero-order valence-electron chi connectivity index (χ0n) is 21.1. The molecule has 2 atom stereocenters. The summed E-state index contributed by atoms with van der Waals surface area (Å²) in [5.74, 6) is -1.09. The molecule has 3 fully saturated rings. The van der Waals surface area contributed by atoms with Crippen molar-refractivity contribution in [3.05, 3.63) is 29.8 Å². The molecule has 10 heteroatoms. The summed E-state index contributed by atoms with van der Waals surface area (Å²) in [6, 6.07) is 7.86. The fourth-order valence-electron chi connectivity index (χ4n) is 5.20. The van der Waals surface area contributed by atoms with E-state index in [0.717, 1.165) is 57.2 Å². The first-order valence-electron chi connectivity index (χ1n) is 12.6. The van der Waals surface area contributed by atoms with Crippen LogP contribution in [0.1, 0.15) is 44.6 Å². The minimum Gasteiger partial charge on any atom is -0.484 e. The third-order valence-corrected chi connectivity index (χ3v) is 7.29. The van der Waals surface area contributed by atoms with Crippen LogP contribution < -0.4 is 4.74 Å². The Labute approximate surface area is 210 Å². The lowest BCUT2D eigenvalue weighted by atomic mass is 9.76. The van der Waals surface area contributed by atoms with Crippen molar-refractivity contribution >= 4 is 11.9 Å². The van der Waals surface area contributed by atoms with E-state index in [1.165, 1.54) is 31.5 Å². The fraction of sp³-hybridized carbons (Fsp3) is 0.692. The SMILES string of the molecule is Cc1ccc(OCC(=O)N2CCC3(CC2)COC(CN2CCCC(C)C2)C3)cc1.O=C(O)C(F)(F)F. The Kier molecular flexibility index (Phi) is 9.63. The van der Waals surface area contributed by atoms with Gasteiger partial charge in [0.1, 0.15) is 5.75 Å². The monoisotopic (exact) mass is 514 g/mol. The lowest BCUT2D eigenvalue weighted by Crippen LogP contribution is -2.45. The number of hydrogen-bond donors (Lipinski definition) is 1. The van der Waals surface area contributed by atoms with Gasteiger partial charge in [-0.2, -0.15) is 13.2 Å². The van der Waals surface area contributed by atoms with Gasteiger partial charge >= 0.3 is 12.1 Å². The van der Waals surface area contributed by atoms with Crippen molar-refractivity contribution in [3.8, 4) is 5.75 Å². The highest BCUT2D eigenvalue weighted by atomic mass is 19.4. The molecule has 2 unspecified atom stereocenters. The van der Waals surface area contributed by atoms with Crippen molar-refractivity contribution in [3.63, 3.8) is 0 Å². The number of carbonyl (C=O) groups is 2. The first kappa shape index (κ1) is 28.2. The Balaban J connectivity index is 0.000000454. The second-order valence-electron chi connectivity index (χ2n) is 10.4. The van der Waals surface area contributed by atoms with E-state index in [0.29, 0.717) is 6.10 Å². The van der Waals surface area contributed by atoms with Crippen molar-refractivity contribution in [1.29, 1.82) is 0 Å². The summed E-state index contributed by atoms with van der Waals surface area (Å²) in [5.41, 5.74) is 1.47. The number of alkyl halides is 3. The van der Waals surface area contributed by atoms with Crippen LogP contribution in [-0.4, -0.2) is 85.0 Å². The molecular formula is C26H37F3N2O5. The molecule has 7 nitrogen and oxygen atoms in total. The summed E-state index contributed by atoms with van der Waals surface area (Å²) >= 11 is 0. The van der Waals surface area contributed by atoms with Gasteiger partial charge in [0.15, 0.2) is 6.61 Å². The molecule has 1 aromatic carbocycles. The summed E-state index contributed by atoms with van der Waals surface area (Å²) in [6.07, 6.45) is 1.23. The van der Waals surface area contributed by atoms with Gasteiger partial charge in [0.2, 0.25) is 0 Å². The predicted octanol–water partition coefficient (Wildman–Crippen LogP) is 4.14. The Bertz CT molecular complexity index is 869. The minimum atomic E-state index is -5.08. The molecular weight excluding hydrogens is 477 g/mol. The van der Waals surface area contributed by atoms with Crippen LogP contribution in [0.25, 0.3) is 0 Å². The number of carboxylic acids is 1. The van der Waals surface area contributed by atoms with E-state index in [9.17, 15) is 18.0 Å². The number of carboxylic acid groups (broad SMARTS) is 1. The molecule has 1 spiro atoms. The third kappa shape index (κ3) is 8.37. The maximum absolute atomic E-state index is 12.6. The number of nitrogens with zero attached hydrogens (tertiary/aromatic N) is 2. The van der Waals surface area contributed by atoms with Crippen molar-refractivity contribution < 1.29 is 37.3 Å². The van der Waals surface area contributed by atoms with Crippen molar-refractivity contribution in [2.45, 2.75) is 58.2 Å². The van der Waals surface area contributed by atoms with Gasteiger partial charge < -0.3 is 24.4 Å². The van der Waals surface area contributed by atoms with Crippen LogP contribution >= 0.6 is 0 Å². The number of halogens is 3. The molecule has 0 saturated carbocycles. The molecule has 1 N–H and O–H groups in total. The molecule has 1 amide bonds. The van der Waals surface area contributed by atoms with Gasteiger partial charge in [0.05, 0.1) is 12.7 Å². The highest BCUT2D eigenvalue weighted by molar-refractivity contribution is 5.77. The summed E-state index contributed by atoms with van der Waals surface area (Å²) in [7, 11) is 0. The fourth-order valence-corrected chi connectivity index (χ4v) is 5.20. The van der Waals surface area contributed by atoms with Crippen LogP contribution in [0, 0.1) is 18.3 Å². The number of rotatable bonds is 5. The molecule has 3 aliphatic rings. The van der Waals surface area contributed by atoms with E-state index in [1.807, 2.05) is 36.1 Å². The van der Waals surface area contributed by atoms with E-state index in [4.69, 9.17) is 19.4 Å². The maximum atomic E-state index is 12.6. The number of likely N-dealkylation sites (tertiary alicyclic amines) is 2. The van der Waals surface area contributed by atoms with Gasteiger partial charge in [-0.3, -0.25) is 4.79 Å². The van der Waals surface area contributed by atoms with Crippen LogP contribution in [0.3, 0.4) is 0 Å². The summed E-state index contributed by atoms with van der Waals surface area (Å²) in [6.45, 7) is 10.6. The Morgan fingerprint density at radius 1 is 1.17 bits per heavy atom. The van der Waals surface area contributed by atoms with Crippen LogP contribution in [0.4, 0.5) is 13.2 Å². The van der Waals surface area contributed by atoms with E-state index in [1.54, 1.807) is 0 Å². The number of piperidine rings is 2.